The summed E-state index contributed by atoms with van der Waals surface area (Å²) >= 11 is 0. The van der Waals surface area contributed by atoms with Gasteiger partial charge in [-0.15, -0.1) is 0 Å². The first-order valence-corrected chi connectivity index (χ1v) is 3.51. The van der Waals surface area contributed by atoms with Crippen LogP contribution >= 0.6 is 0 Å². The van der Waals surface area contributed by atoms with Crippen molar-refractivity contribution < 1.29 is 9.18 Å². The van der Waals surface area contributed by atoms with E-state index < -0.39 is 6.17 Å². The Morgan fingerprint density at radius 2 is 2.20 bits per heavy atom. The zero-order valence-corrected chi connectivity index (χ0v) is 6.30. The molecule has 1 heterocycles. The van der Waals surface area contributed by atoms with Gasteiger partial charge < -0.3 is 4.90 Å². The van der Waals surface area contributed by atoms with Gasteiger partial charge in [-0.3, -0.25) is 4.79 Å². The summed E-state index contributed by atoms with van der Waals surface area (Å²) in [7, 11) is 0. The molecular weight excluding hydrogens is 133 g/mol. The Balaban J connectivity index is 2.49. The lowest BCUT2D eigenvalue weighted by atomic mass is 10.1. The third-order valence-corrected chi connectivity index (χ3v) is 1.97. The van der Waals surface area contributed by atoms with E-state index in [1.165, 1.54) is 6.92 Å². The first-order valence-electron chi connectivity index (χ1n) is 3.51. The number of likely N-dealkylation sites (tertiary alicyclic amines) is 1. The minimum Gasteiger partial charge on any atom is -0.340 e. The first-order chi connectivity index (χ1) is 4.61. The quantitative estimate of drug-likeness (QED) is 0.494. The molecule has 2 atom stereocenters. The van der Waals surface area contributed by atoms with Crippen LogP contribution in [0.1, 0.15) is 13.8 Å². The van der Waals surface area contributed by atoms with Crippen LogP contribution in [-0.2, 0) is 4.79 Å². The lowest BCUT2D eigenvalue weighted by Crippen LogP contribution is -2.26. The molecule has 0 aromatic heterocycles. The number of hydrogen-bond donors (Lipinski definition) is 0. The molecule has 1 aliphatic rings. The van der Waals surface area contributed by atoms with E-state index in [0.29, 0.717) is 6.54 Å². The van der Waals surface area contributed by atoms with Crippen molar-refractivity contribution in [1.29, 1.82) is 0 Å². The smallest absolute Gasteiger partial charge is 0.219 e. The second-order valence-electron chi connectivity index (χ2n) is 2.92. The van der Waals surface area contributed by atoms with E-state index in [1.54, 1.807) is 4.90 Å². The van der Waals surface area contributed by atoms with Crippen LogP contribution in [0.3, 0.4) is 0 Å². The number of carbonyl (C=O) groups is 1. The largest absolute Gasteiger partial charge is 0.340 e. The summed E-state index contributed by atoms with van der Waals surface area (Å²) < 4.78 is 12.7. The molecule has 0 aliphatic carbocycles. The molecule has 0 aromatic rings. The van der Waals surface area contributed by atoms with Crippen molar-refractivity contribution in [2.45, 2.75) is 20.0 Å². The van der Waals surface area contributed by atoms with Gasteiger partial charge >= 0.3 is 0 Å². The number of nitrogens with zero attached hydrogens (tertiary/aromatic N) is 1. The Hall–Kier alpha value is -0.600. The van der Waals surface area contributed by atoms with Crippen molar-refractivity contribution in [3.8, 4) is 0 Å². The van der Waals surface area contributed by atoms with Gasteiger partial charge in [-0.2, -0.15) is 0 Å². The molecule has 3 heteroatoms. The normalized spacial score (nSPS) is 32.9. The number of halogens is 1. The highest BCUT2D eigenvalue weighted by molar-refractivity contribution is 5.73. The van der Waals surface area contributed by atoms with E-state index >= 15 is 0 Å². The molecule has 0 bridgehead atoms. The van der Waals surface area contributed by atoms with Gasteiger partial charge in [-0.25, -0.2) is 4.39 Å². The zero-order valence-electron chi connectivity index (χ0n) is 6.30. The van der Waals surface area contributed by atoms with E-state index in [4.69, 9.17) is 0 Å². The van der Waals surface area contributed by atoms with Gasteiger partial charge in [-0.05, 0) is 0 Å². The number of rotatable bonds is 0. The molecule has 1 rings (SSSR count). The minimum atomic E-state index is -0.816. The number of hydrogen-bond acceptors (Lipinski definition) is 1. The van der Waals surface area contributed by atoms with Crippen LogP contribution in [0.5, 0.6) is 0 Å². The second-order valence-corrected chi connectivity index (χ2v) is 2.92. The third-order valence-electron chi connectivity index (χ3n) is 1.97. The molecule has 0 saturated carbocycles. The van der Waals surface area contributed by atoms with Crippen LogP contribution in [0, 0.1) is 5.92 Å². The molecular formula is C7H12FNO. The molecule has 1 fully saturated rings. The highest BCUT2D eigenvalue weighted by Crippen LogP contribution is 2.18. The molecule has 58 valence electrons. The average Bonchev–Trinajstić information content (AvgIpc) is 2.13. The molecule has 0 N–H and O–H groups in total. The molecule has 1 saturated heterocycles. The molecule has 2 nitrogen and oxygen atoms in total. The van der Waals surface area contributed by atoms with E-state index in [-0.39, 0.29) is 18.4 Å². The third kappa shape index (κ3) is 1.28. The van der Waals surface area contributed by atoms with Crippen LogP contribution in [0.15, 0.2) is 0 Å². The highest BCUT2D eigenvalue weighted by Gasteiger charge is 2.30. The van der Waals surface area contributed by atoms with Crippen molar-refractivity contribution in [2.75, 3.05) is 13.1 Å². The first kappa shape index (κ1) is 7.51. The van der Waals surface area contributed by atoms with Crippen molar-refractivity contribution in [2.24, 2.45) is 5.92 Å². The fraction of sp³-hybridized carbons (Fsp3) is 0.857. The van der Waals surface area contributed by atoms with E-state index in [2.05, 4.69) is 0 Å². The summed E-state index contributed by atoms with van der Waals surface area (Å²) in [6.45, 7) is 4.17. The Morgan fingerprint density at radius 3 is 2.40 bits per heavy atom. The van der Waals surface area contributed by atoms with E-state index in [1.807, 2.05) is 6.92 Å². The summed E-state index contributed by atoms with van der Waals surface area (Å²) in [6.07, 6.45) is -0.816. The van der Waals surface area contributed by atoms with Gasteiger partial charge in [0.1, 0.15) is 6.17 Å². The molecule has 10 heavy (non-hydrogen) atoms. The van der Waals surface area contributed by atoms with Crippen molar-refractivity contribution in [3.05, 3.63) is 0 Å². The number of carbonyl (C=O) groups excluding carboxylic acids is 1. The van der Waals surface area contributed by atoms with Gasteiger partial charge in [0.2, 0.25) is 5.91 Å². The summed E-state index contributed by atoms with van der Waals surface area (Å²) in [6, 6.07) is 0. The van der Waals surface area contributed by atoms with Crippen molar-refractivity contribution >= 4 is 5.91 Å². The molecule has 0 unspecified atom stereocenters. The topological polar surface area (TPSA) is 20.3 Å². The maximum Gasteiger partial charge on any atom is 0.219 e. The molecule has 0 spiro atoms. The van der Waals surface area contributed by atoms with E-state index in [9.17, 15) is 9.18 Å². The SMILES string of the molecule is CC(=O)N1C[C@@H](C)[C@@H](F)C1. The lowest BCUT2D eigenvalue weighted by molar-refractivity contribution is -0.128. The second kappa shape index (κ2) is 2.56. The van der Waals surface area contributed by atoms with Gasteiger partial charge in [0.05, 0.1) is 6.54 Å². The standard InChI is InChI=1S/C7H12FNO/c1-5-3-9(6(2)10)4-7(5)8/h5,7H,3-4H2,1-2H3/t5-,7+/m1/s1. The summed E-state index contributed by atoms with van der Waals surface area (Å²) in [4.78, 5) is 12.2. The van der Waals surface area contributed by atoms with Crippen LogP contribution in [0.4, 0.5) is 4.39 Å². The van der Waals surface area contributed by atoms with Crippen LogP contribution < -0.4 is 0 Å². The molecule has 1 aliphatic heterocycles. The predicted molar refractivity (Wildman–Crippen MR) is 36.3 cm³/mol. The summed E-state index contributed by atoms with van der Waals surface area (Å²) in [5.74, 6) is -0.00380. The molecule has 0 radical (unpaired) electrons. The summed E-state index contributed by atoms with van der Waals surface area (Å²) in [5, 5.41) is 0. The lowest BCUT2D eigenvalue weighted by Gasteiger charge is -2.10. The van der Waals surface area contributed by atoms with Gasteiger partial charge in [0.15, 0.2) is 0 Å². The number of amides is 1. The van der Waals surface area contributed by atoms with Crippen LogP contribution in [0.2, 0.25) is 0 Å². The molecule has 1 amide bonds. The van der Waals surface area contributed by atoms with Gasteiger partial charge in [0, 0.05) is 19.4 Å². The fourth-order valence-electron chi connectivity index (χ4n) is 1.18. The highest BCUT2D eigenvalue weighted by atomic mass is 19.1. The Labute approximate surface area is 60.0 Å². The maximum atomic E-state index is 12.7. The minimum absolute atomic E-state index is 0.0175. The average molecular weight is 145 g/mol. The van der Waals surface area contributed by atoms with E-state index in [0.717, 1.165) is 0 Å². The van der Waals surface area contributed by atoms with Crippen LogP contribution in [0.25, 0.3) is 0 Å². The van der Waals surface area contributed by atoms with Gasteiger partial charge in [-0.1, -0.05) is 6.92 Å². The van der Waals surface area contributed by atoms with Crippen LogP contribution in [-0.4, -0.2) is 30.1 Å². The Morgan fingerprint density at radius 1 is 1.60 bits per heavy atom. The molecule has 0 aromatic carbocycles. The van der Waals surface area contributed by atoms with Gasteiger partial charge in [0.25, 0.3) is 0 Å². The number of alkyl halides is 1. The summed E-state index contributed by atoms with van der Waals surface area (Å²) in [5.41, 5.74) is 0. The maximum absolute atomic E-state index is 12.7. The van der Waals surface area contributed by atoms with Crippen molar-refractivity contribution in [3.63, 3.8) is 0 Å². The van der Waals surface area contributed by atoms with Crippen molar-refractivity contribution in [1.82, 2.24) is 4.90 Å². The zero-order chi connectivity index (χ0) is 7.72. The Kier molecular flexibility index (Phi) is 1.92. The predicted octanol–water partition coefficient (Wildman–Crippen LogP) is 0.823. The Bertz CT molecular complexity index is 139. The fourth-order valence-corrected chi connectivity index (χ4v) is 1.18. The monoisotopic (exact) mass is 145 g/mol.